The second-order valence-corrected chi connectivity index (χ2v) is 6.37. The summed E-state index contributed by atoms with van der Waals surface area (Å²) in [5.74, 6) is -0.0397. The molecule has 1 atom stereocenters. The van der Waals surface area contributed by atoms with Crippen LogP contribution in [0.15, 0.2) is 27.1 Å². The number of amides is 1. The van der Waals surface area contributed by atoms with Crippen LogP contribution < -0.4 is 0 Å². The molecule has 1 amide bonds. The fourth-order valence-electron chi connectivity index (χ4n) is 1.95. The van der Waals surface area contributed by atoms with Crippen molar-refractivity contribution in [2.75, 3.05) is 13.1 Å². The van der Waals surface area contributed by atoms with Gasteiger partial charge in [-0.1, -0.05) is 15.9 Å². The third-order valence-electron chi connectivity index (χ3n) is 2.90. The van der Waals surface area contributed by atoms with E-state index in [9.17, 15) is 9.90 Å². The van der Waals surface area contributed by atoms with Crippen molar-refractivity contribution >= 4 is 37.8 Å². The summed E-state index contributed by atoms with van der Waals surface area (Å²) < 4.78 is 1.69. The van der Waals surface area contributed by atoms with Crippen LogP contribution in [0.4, 0.5) is 0 Å². The van der Waals surface area contributed by atoms with Crippen molar-refractivity contribution in [3.63, 3.8) is 0 Å². The fraction of sp³-hybridized carbons (Fsp3) is 0.417. The summed E-state index contributed by atoms with van der Waals surface area (Å²) in [6, 6.07) is 5.47. The van der Waals surface area contributed by atoms with Crippen LogP contribution >= 0.6 is 31.9 Å². The van der Waals surface area contributed by atoms with Crippen LogP contribution in [0.2, 0.25) is 0 Å². The molecule has 1 aromatic rings. The number of likely N-dealkylation sites (tertiary alicyclic amines) is 1. The molecule has 0 aromatic heterocycles. The smallest absolute Gasteiger partial charge is 0.255 e. The quantitative estimate of drug-likeness (QED) is 0.834. The average Bonchev–Trinajstić information content (AvgIpc) is 2.58. The molecule has 0 bridgehead atoms. The molecule has 3 nitrogen and oxygen atoms in total. The Labute approximate surface area is 117 Å². The van der Waals surface area contributed by atoms with Crippen molar-refractivity contribution in [1.29, 1.82) is 0 Å². The molecule has 1 aliphatic rings. The molecule has 0 saturated carbocycles. The van der Waals surface area contributed by atoms with Crippen molar-refractivity contribution in [2.24, 2.45) is 0 Å². The monoisotopic (exact) mass is 361 g/mol. The maximum Gasteiger partial charge on any atom is 0.255 e. The lowest BCUT2D eigenvalue weighted by atomic mass is 10.1. The van der Waals surface area contributed by atoms with Crippen molar-refractivity contribution in [3.8, 4) is 0 Å². The van der Waals surface area contributed by atoms with Crippen LogP contribution in [0.5, 0.6) is 0 Å². The molecule has 0 radical (unpaired) electrons. The summed E-state index contributed by atoms with van der Waals surface area (Å²) in [5.41, 5.74) is -0.122. The van der Waals surface area contributed by atoms with Gasteiger partial charge in [-0.2, -0.15) is 0 Å². The van der Waals surface area contributed by atoms with Gasteiger partial charge in [0, 0.05) is 22.0 Å². The molecule has 1 aromatic carbocycles. The predicted octanol–water partition coefficient (Wildman–Crippen LogP) is 2.81. The van der Waals surface area contributed by atoms with Crippen molar-refractivity contribution in [1.82, 2.24) is 4.90 Å². The largest absolute Gasteiger partial charge is 0.388 e. The van der Waals surface area contributed by atoms with E-state index in [2.05, 4.69) is 31.9 Å². The Morgan fingerprint density at radius 3 is 2.71 bits per heavy atom. The number of nitrogens with zero attached hydrogens (tertiary/aromatic N) is 1. The summed E-state index contributed by atoms with van der Waals surface area (Å²) in [7, 11) is 0. The highest BCUT2D eigenvalue weighted by atomic mass is 79.9. The first-order valence-electron chi connectivity index (χ1n) is 5.36. The van der Waals surface area contributed by atoms with E-state index in [1.54, 1.807) is 17.9 Å². The summed E-state index contributed by atoms with van der Waals surface area (Å²) in [5, 5.41) is 9.86. The number of hydrogen-bond acceptors (Lipinski definition) is 2. The zero-order valence-electron chi connectivity index (χ0n) is 9.41. The normalized spacial score (nSPS) is 24.1. The van der Waals surface area contributed by atoms with E-state index in [1.807, 2.05) is 12.1 Å². The van der Waals surface area contributed by atoms with Crippen LogP contribution in [-0.2, 0) is 0 Å². The summed E-state index contributed by atoms with van der Waals surface area (Å²) in [4.78, 5) is 13.9. The first-order valence-corrected chi connectivity index (χ1v) is 6.94. The minimum atomic E-state index is -0.752. The van der Waals surface area contributed by atoms with E-state index in [4.69, 9.17) is 0 Å². The lowest BCUT2D eigenvalue weighted by molar-refractivity contribution is 0.0571. The maximum atomic E-state index is 12.2. The fourth-order valence-corrected chi connectivity index (χ4v) is 3.17. The first-order chi connectivity index (χ1) is 7.89. The minimum Gasteiger partial charge on any atom is -0.388 e. The van der Waals surface area contributed by atoms with Gasteiger partial charge in [0.1, 0.15) is 0 Å². The van der Waals surface area contributed by atoms with E-state index >= 15 is 0 Å². The summed E-state index contributed by atoms with van der Waals surface area (Å²) in [6.45, 7) is 2.76. The topological polar surface area (TPSA) is 40.5 Å². The summed E-state index contributed by atoms with van der Waals surface area (Å²) >= 11 is 6.74. The van der Waals surface area contributed by atoms with Crippen molar-refractivity contribution < 1.29 is 9.90 Å². The number of benzene rings is 1. The highest BCUT2D eigenvalue weighted by Gasteiger charge is 2.34. The van der Waals surface area contributed by atoms with Gasteiger partial charge < -0.3 is 10.0 Å². The maximum absolute atomic E-state index is 12.2. The number of halogens is 2. The van der Waals surface area contributed by atoms with E-state index in [0.717, 1.165) is 8.95 Å². The Balaban J connectivity index is 2.21. The molecule has 17 heavy (non-hydrogen) atoms. The van der Waals surface area contributed by atoms with Gasteiger partial charge >= 0.3 is 0 Å². The Hall–Kier alpha value is -0.390. The van der Waals surface area contributed by atoms with Crippen LogP contribution in [0.1, 0.15) is 23.7 Å². The first kappa shape index (κ1) is 13.1. The third-order valence-corrected chi connectivity index (χ3v) is 4.05. The number of carbonyl (C=O) groups excluding carboxylic acids is 1. The molecule has 0 spiro atoms. The zero-order chi connectivity index (χ0) is 12.6. The number of carbonyl (C=O) groups is 1. The van der Waals surface area contributed by atoms with E-state index in [-0.39, 0.29) is 5.91 Å². The number of rotatable bonds is 1. The standard InChI is InChI=1S/C12H13Br2NO2/c1-12(17)4-5-15(7-12)11(16)9-3-2-8(13)6-10(9)14/h2-3,6,17H,4-5,7H2,1H3. The lowest BCUT2D eigenvalue weighted by Gasteiger charge is -2.19. The molecule has 1 aliphatic heterocycles. The molecule has 2 rings (SSSR count). The Bertz CT molecular complexity index is 460. The van der Waals surface area contributed by atoms with Gasteiger partial charge in [0.25, 0.3) is 5.91 Å². The number of hydrogen-bond donors (Lipinski definition) is 1. The van der Waals surface area contributed by atoms with Gasteiger partial charge in [0.2, 0.25) is 0 Å². The number of β-amino-alcohol motifs (C(OH)–C–C–N with tert-alkyl or cyclic N) is 1. The molecule has 1 fully saturated rings. The van der Waals surface area contributed by atoms with Gasteiger partial charge in [-0.05, 0) is 47.5 Å². The highest BCUT2D eigenvalue weighted by molar-refractivity contribution is 9.11. The van der Waals surface area contributed by atoms with Gasteiger partial charge in [0.05, 0.1) is 11.2 Å². The molecular weight excluding hydrogens is 350 g/mol. The molecular formula is C12H13Br2NO2. The van der Waals surface area contributed by atoms with Crippen LogP contribution in [-0.4, -0.2) is 34.6 Å². The van der Waals surface area contributed by atoms with Gasteiger partial charge in [-0.15, -0.1) is 0 Å². The van der Waals surface area contributed by atoms with Crippen LogP contribution in [0.25, 0.3) is 0 Å². The van der Waals surface area contributed by atoms with Crippen LogP contribution in [0.3, 0.4) is 0 Å². The van der Waals surface area contributed by atoms with Gasteiger partial charge in [-0.3, -0.25) is 4.79 Å². The second kappa shape index (κ2) is 4.71. The van der Waals surface area contributed by atoms with Crippen LogP contribution in [0, 0.1) is 0 Å². The molecule has 0 aliphatic carbocycles. The average molecular weight is 363 g/mol. The predicted molar refractivity (Wildman–Crippen MR) is 73.0 cm³/mol. The molecule has 1 N–H and O–H groups in total. The molecule has 92 valence electrons. The minimum absolute atomic E-state index is 0.0397. The van der Waals surface area contributed by atoms with Gasteiger partial charge in [0.15, 0.2) is 0 Å². The third kappa shape index (κ3) is 2.89. The highest BCUT2D eigenvalue weighted by Crippen LogP contribution is 2.26. The Morgan fingerprint density at radius 1 is 1.47 bits per heavy atom. The molecule has 5 heteroatoms. The van der Waals surface area contributed by atoms with E-state index < -0.39 is 5.60 Å². The Kier molecular flexibility index (Phi) is 3.61. The van der Waals surface area contributed by atoms with E-state index in [1.165, 1.54) is 0 Å². The second-order valence-electron chi connectivity index (χ2n) is 4.60. The molecule has 1 unspecified atom stereocenters. The van der Waals surface area contributed by atoms with E-state index in [0.29, 0.717) is 25.1 Å². The summed E-state index contributed by atoms with van der Waals surface area (Å²) in [6.07, 6.45) is 0.632. The lowest BCUT2D eigenvalue weighted by Crippen LogP contribution is -2.34. The van der Waals surface area contributed by atoms with Crippen molar-refractivity contribution in [2.45, 2.75) is 18.9 Å². The molecule has 1 heterocycles. The zero-order valence-corrected chi connectivity index (χ0v) is 12.6. The van der Waals surface area contributed by atoms with Gasteiger partial charge in [-0.25, -0.2) is 0 Å². The SMILES string of the molecule is CC1(O)CCN(C(=O)c2ccc(Br)cc2Br)C1. The van der Waals surface area contributed by atoms with Crippen molar-refractivity contribution in [3.05, 3.63) is 32.7 Å². The Morgan fingerprint density at radius 2 is 2.18 bits per heavy atom. The number of aliphatic hydroxyl groups is 1. The molecule has 1 saturated heterocycles.